The van der Waals surface area contributed by atoms with E-state index in [2.05, 4.69) is 52.0 Å². The van der Waals surface area contributed by atoms with Gasteiger partial charge in [0.1, 0.15) is 11.5 Å². The summed E-state index contributed by atoms with van der Waals surface area (Å²) in [6, 6.07) is 21.8. The Labute approximate surface area is 162 Å². The van der Waals surface area contributed by atoms with Crippen molar-refractivity contribution in [2.75, 3.05) is 0 Å². The van der Waals surface area contributed by atoms with Crippen LogP contribution < -0.4 is 0 Å². The Balaban J connectivity index is 1.95. The summed E-state index contributed by atoms with van der Waals surface area (Å²) in [5.74, 6) is 0.592. The summed E-state index contributed by atoms with van der Waals surface area (Å²) in [6.45, 7) is 10.9. The highest BCUT2D eigenvalue weighted by Crippen LogP contribution is 2.37. The van der Waals surface area contributed by atoms with E-state index in [1.165, 1.54) is 22.3 Å². The van der Waals surface area contributed by atoms with Crippen LogP contribution in [0, 0.1) is 6.92 Å². The van der Waals surface area contributed by atoms with Crippen LogP contribution in [0.15, 0.2) is 66.7 Å². The Hall–Kier alpha value is -2.74. The van der Waals surface area contributed by atoms with E-state index in [-0.39, 0.29) is 16.6 Å². The summed E-state index contributed by atoms with van der Waals surface area (Å²) in [4.78, 5) is 0. The molecule has 2 N–H and O–H groups in total. The van der Waals surface area contributed by atoms with Crippen LogP contribution in [0.3, 0.4) is 0 Å². The molecule has 3 rings (SSSR count). The number of rotatable bonds is 4. The van der Waals surface area contributed by atoms with Crippen molar-refractivity contribution >= 4 is 0 Å². The molecule has 0 saturated heterocycles. The molecule has 0 radical (unpaired) electrons. The molecule has 0 aromatic heterocycles. The second-order valence-electron chi connectivity index (χ2n) is 8.37. The maximum atomic E-state index is 9.71. The van der Waals surface area contributed by atoms with Crippen LogP contribution in [0.4, 0.5) is 0 Å². The summed E-state index contributed by atoms with van der Waals surface area (Å²) < 4.78 is 0. The van der Waals surface area contributed by atoms with Gasteiger partial charge in [0, 0.05) is 10.8 Å². The predicted octanol–water partition coefficient (Wildman–Crippen LogP) is 6.06. The lowest BCUT2D eigenvalue weighted by Crippen LogP contribution is -2.22. The fourth-order valence-electron chi connectivity index (χ4n) is 3.85. The van der Waals surface area contributed by atoms with E-state index < -0.39 is 0 Å². The molecule has 0 heterocycles. The minimum Gasteiger partial charge on any atom is -0.508 e. The molecule has 0 saturated carbocycles. The Morgan fingerprint density at radius 3 is 1.44 bits per heavy atom. The van der Waals surface area contributed by atoms with Crippen molar-refractivity contribution in [1.29, 1.82) is 0 Å². The van der Waals surface area contributed by atoms with E-state index in [0.29, 0.717) is 5.75 Å². The zero-order chi connectivity index (χ0) is 19.8. The maximum absolute atomic E-state index is 9.71. The minimum absolute atomic E-state index is 0.148. The largest absolute Gasteiger partial charge is 0.508 e. The fraction of sp³-hybridized carbons (Fsp3) is 0.280. The molecule has 3 aromatic rings. The van der Waals surface area contributed by atoms with E-state index in [1.807, 2.05) is 31.2 Å². The Morgan fingerprint density at radius 2 is 0.963 bits per heavy atom. The third-order valence-corrected chi connectivity index (χ3v) is 5.80. The molecule has 0 aliphatic rings. The monoisotopic (exact) mass is 360 g/mol. The number of hydrogen-bond acceptors (Lipinski definition) is 2. The molecule has 0 aliphatic heterocycles. The summed E-state index contributed by atoms with van der Waals surface area (Å²) >= 11 is 0. The van der Waals surface area contributed by atoms with E-state index in [1.54, 1.807) is 18.2 Å². The van der Waals surface area contributed by atoms with Crippen LogP contribution in [0.1, 0.15) is 55.5 Å². The number of aromatic hydroxyl groups is 2. The summed E-state index contributed by atoms with van der Waals surface area (Å²) in [6.07, 6.45) is 0. The van der Waals surface area contributed by atoms with Gasteiger partial charge in [0.2, 0.25) is 0 Å². The van der Waals surface area contributed by atoms with Crippen LogP contribution in [-0.4, -0.2) is 10.2 Å². The van der Waals surface area contributed by atoms with Gasteiger partial charge in [-0.05, 0) is 59.0 Å². The van der Waals surface area contributed by atoms with Gasteiger partial charge < -0.3 is 10.2 Å². The summed E-state index contributed by atoms with van der Waals surface area (Å²) in [5.41, 5.74) is 5.64. The Bertz CT molecular complexity index is 933. The third-order valence-electron chi connectivity index (χ3n) is 5.80. The van der Waals surface area contributed by atoms with E-state index in [0.717, 1.165) is 5.56 Å². The molecule has 0 amide bonds. The number of phenols is 2. The smallest absolute Gasteiger partial charge is 0.115 e. The molecule has 2 nitrogen and oxygen atoms in total. The van der Waals surface area contributed by atoms with Gasteiger partial charge in [-0.25, -0.2) is 0 Å². The van der Waals surface area contributed by atoms with Crippen molar-refractivity contribution in [2.45, 2.75) is 45.4 Å². The van der Waals surface area contributed by atoms with Gasteiger partial charge >= 0.3 is 0 Å². The lowest BCUT2D eigenvalue weighted by Gasteiger charge is -2.30. The number of benzene rings is 3. The van der Waals surface area contributed by atoms with Crippen molar-refractivity contribution < 1.29 is 10.2 Å². The molecule has 0 fully saturated rings. The van der Waals surface area contributed by atoms with E-state index >= 15 is 0 Å². The van der Waals surface area contributed by atoms with Gasteiger partial charge in [0.15, 0.2) is 0 Å². The molecule has 27 heavy (non-hydrogen) atoms. The van der Waals surface area contributed by atoms with E-state index in [4.69, 9.17) is 0 Å². The Kier molecular flexibility index (Phi) is 4.77. The average molecular weight is 360 g/mol. The maximum Gasteiger partial charge on any atom is 0.115 e. The second kappa shape index (κ2) is 6.77. The molecule has 2 heteroatoms. The van der Waals surface area contributed by atoms with Gasteiger partial charge in [-0.2, -0.15) is 0 Å². The first-order chi connectivity index (χ1) is 12.6. The quantitative estimate of drug-likeness (QED) is 0.594. The third kappa shape index (κ3) is 3.57. The normalized spacial score (nSPS) is 12.2. The van der Waals surface area contributed by atoms with Crippen molar-refractivity contribution in [2.24, 2.45) is 0 Å². The highest BCUT2D eigenvalue weighted by molar-refractivity contribution is 5.47. The molecule has 0 unspecified atom stereocenters. The molecule has 140 valence electrons. The topological polar surface area (TPSA) is 40.5 Å². The summed E-state index contributed by atoms with van der Waals surface area (Å²) in [7, 11) is 0. The van der Waals surface area contributed by atoms with Crippen molar-refractivity contribution in [3.63, 3.8) is 0 Å². The first kappa shape index (κ1) is 19.0. The average Bonchev–Trinajstić information content (AvgIpc) is 2.62. The molecule has 0 bridgehead atoms. The van der Waals surface area contributed by atoms with Crippen LogP contribution in [0.5, 0.6) is 11.5 Å². The predicted molar refractivity (Wildman–Crippen MR) is 112 cm³/mol. The molecule has 0 spiro atoms. The van der Waals surface area contributed by atoms with Crippen molar-refractivity contribution in [3.05, 3.63) is 94.5 Å². The first-order valence-corrected chi connectivity index (χ1v) is 9.33. The zero-order valence-electron chi connectivity index (χ0n) is 16.7. The van der Waals surface area contributed by atoms with Gasteiger partial charge in [-0.3, -0.25) is 0 Å². The lowest BCUT2D eigenvalue weighted by atomic mass is 9.74. The highest BCUT2D eigenvalue weighted by Gasteiger charge is 2.27. The van der Waals surface area contributed by atoms with Crippen molar-refractivity contribution in [3.8, 4) is 11.5 Å². The fourth-order valence-corrected chi connectivity index (χ4v) is 3.85. The summed E-state index contributed by atoms with van der Waals surface area (Å²) in [5, 5.41) is 19.3. The van der Waals surface area contributed by atoms with Gasteiger partial charge in [-0.1, -0.05) is 70.2 Å². The highest BCUT2D eigenvalue weighted by atomic mass is 16.3. The number of phenolic OH excluding ortho intramolecular Hbond substituents is 2. The molecule has 3 aromatic carbocycles. The lowest BCUT2D eigenvalue weighted by molar-refractivity contribution is 0.473. The van der Waals surface area contributed by atoms with Crippen LogP contribution in [0.2, 0.25) is 0 Å². The molecule has 0 atom stereocenters. The first-order valence-electron chi connectivity index (χ1n) is 9.33. The van der Waals surface area contributed by atoms with Gasteiger partial charge in [0.25, 0.3) is 0 Å². The number of hydrogen-bond donors (Lipinski definition) is 2. The molecule has 0 aliphatic carbocycles. The number of aryl methyl sites for hydroxylation is 1. The SMILES string of the molecule is Cc1cc(O)ccc1C(C)(C)c1ccc(C(C)(C)c2ccc(O)cc2)cc1. The van der Waals surface area contributed by atoms with Crippen LogP contribution >= 0.6 is 0 Å². The van der Waals surface area contributed by atoms with Gasteiger partial charge in [-0.15, -0.1) is 0 Å². The van der Waals surface area contributed by atoms with Gasteiger partial charge in [0.05, 0.1) is 0 Å². The van der Waals surface area contributed by atoms with E-state index in [9.17, 15) is 10.2 Å². The minimum atomic E-state index is -0.154. The van der Waals surface area contributed by atoms with Crippen LogP contribution in [0.25, 0.3) is 0 Å². The second-order valence-corrected chi connectivity index (χ2v) is 8.37. The zero-order valence-corrected chi connectivity index (χ0v) is 16.7. The Morgan fingerprint density at radius 1 is 0.556 bits per heavy atom. The standard InChI is InChI=1S/C25H28O2/c1-17-16-22(27)14-15-23(17)25(4,5)20-8-6-18(7-9-20)24(2,3)19-10-12-21(26)13-11-19/h6-16,26-27H,1-5H3. The molecular formula is C25H28O2. The van der Waals surface area contributed by atoms with Crippen molar-refractivity contribution in [1.82, 2.24) is 0 Å². The molecular weight excluding hydrogens is 332 g/mol. The van der Waals surface area contributed by atoms with Crippen LogP contribution in [-0.2, 0) is 10.8 Å².